The molecule has 0 radical (unpaired) electrons. The topological polar surface area (TPSA) is 74.8 Å². The van der Waals surface area contributed by atoms with Crippen LogP contribution in [-0.4, -0.2) is 21.9 Å². The number of hydrogen-bond acceptors (Lipinski definition) is 3. The summed E-state index contributed by atoms with van der Waals surface area (Å²) < 4.78 is 0.475. The average Bonchev–Trinajstić information content (AvgIpc) is 3.01. The monoisotopic (exact) mass is 431 g/mol. The van der Waals surface area contributed by atoms with Crippen molar-refractivity contribution in [1.82, 2.24) is 15.5 Å². The summed E-state index contributed by atoms with van der Waals surface area (Å²) in [7, 11) is 0. The smallest absolute Gasteiger partial charge is 0.273 e. The normalized spacial score (nSPS) is 10.5. The number of nitrogens with zero attached hydrogens (tertiary/aromatic N) is 1. The molecule has 26 heavy (non-hydrogen) atoms. The number of carbonyl (C=O) groups excluding carboxylic acids is 2. The predicted octanol–water partition coefficient (Wildman–Crippen LogP) is 4.18. The van der Waals surface area contributed by atoms with E-state index in [1.165, 1.54) is 0 Å². The van der Waals surface area contributed by atoms with Crippen LogP contribution in [0, 0.1) is 0 Å². The van der Waals surface area contributed by atoms with Gasteiger partial charge in [-0.15, -0.1) is 0 Å². The van der Waals surface area contributed by atoms with E-state index >= 15 is 0 Å². The van der Waals surface area contributed by atoms with Crippen LogP contribution < -0.4 is 5.32 Å². The Bertz CT molecular complexity index is 941. The zero-order chi connectivity index (χ0) is 18.5. The minimum absolute atomic E-state index is 0.0588. The van der Waals surface area contributed by atoms with Gasteiger partial charge in [0.1, 0.15) is 0 Å². The predicted molar refractivity (Wildman–Crippen MR) is 103 cm³/mol. The Hall–Kier alpha value is -2.44. The second kappa shape index (κ2) is 8.29. The fraction of sp³-hybridized carbons (Fsp3) is 0.105. The number of H-pyrrole nitrogens is 1. The van der Waals surface area contributed by atoms with Gasteiger partial charge in [-0.1, -0.05) is 54.1 Å². The molecule has 5 nitrogen and oxygen atoms in total. The van der Waals surface area contributed by atoms with E-state index in [2.05, 4.69) is 31.4 Å². The van der Waals surface area contributed by atoms with Crippen LogP contribution in [0.15, 0.2) is 59.1 Å². The fourth-order valence-electron chi connectivity index (χ4n) is 2.44. The number of rotatable bonds is 6. The highest BCUT2D eigenvalue weighted by atomic mass is 79.9. The molecular formula is C19H15BrClN3O2. The fourth-order valence-corrected chi connectivity index (χ4v) is 3.18. The molecule has 7 heteroatoms. The number of benzene rings is 2. The van der Waals surface area contributed by atoms with Crippen molar-refractivity contribution in [3.8, 4) is 0 Å². The molecule has 1 heterocycles. The van der Waals surface area contributed by atoms with Gasteiger partial charge >= 0.3 is 0 Å². The number of aromatic nitrogens is 2. The summed E-state index contributed by atoms with van der Waals surface area (Å²) in [5.74, 6) is -0.482. The number of amides is 1. The Morgan fingerprint density at radius 2 is 1.77 bits per heavy atom. The van der Waals surface area contributed by atoms with Gasteiger partial charge in [0.05, 0.1) is 21.6 Å². The summed E-state index contributed by atoms with van der Waals surface area (Å²) in [4.78, 5) is 24.8. The Morgan fingerprint density at radius 1 is 1.08 bits per heavy atom. The number of hydrogen-bond donors (Lipinski definition) is 2. The second-order valence-corrected chi connectivity index (χ2v) is 6.81. The molecule has 0 aliphatic rings. The number of ketones is 1. The highest BCUT2D eigenvalue weighted by Gasteiger charge is 2.20. The van der Waals surface area contributed by atoms with Gasteiger partial charge in [0.2, 0.25) is 0 Å². The van der Waals surface area contributed by atoms with Crippen molar-refractivity contribution in [3.63, 3.8) is 0 Å². The number of Topliss-reactive ketones (excluding diaryl/α,β-unsaturated/α-hetero) is 1. The molecule has 0 saturated heterocycles. The SMILES string of the molecule is O=C(Cc1[nH]nc(C(=O)NCc2ccccc2)c1Br)c1ccccc1Cl. The molecule has 0 atom stereocenters. The van der Waals surface area contributed by atoms with Crippen LogP contribution in [-0.2, 0) is 13.0 Å². The summed E-state index contributed by atoms with van der Waals surface area (Å²) in [6.07, 6.45) is 0.0588. The maximum atomic E-state index is 12.4. The van der Waals surface area contributed by atoms with Gasteiger partial charge in [-0.3, -0.25) is 14.7 Å². The molecule has 0 saturated carbocycles. The lowest BCUT2D eigenvalue weighted by molar-refractivity contribution is 0.0943. The zero-order valence-electron chi connectivity index (χ0n) is 13.6. The van der Waals surface area contributed by atoms with E-state index in [-0.39, 0.29) is 23.8 Å². The third-order valence-corrected chi connectivity index (χ3v) is 4.98. The largest absolute Gasteiger partial charge is 0.347 e. The molecule has 2 aromatic carbocycles. The lowest BCUT2D eigenvalue weighted by Crippen LogP contribution is -2.23. The van der Waals surface area contributed by atoms with E-state index < -0.39 is 0 Å². The van der Waals surface area contributed by atoms with Gasteiger partial charge in [0.15, 0.2) is 11.5 Å². The van der Waals surface area contributed by atoms with E-state index in [0.717, 1.165) is 5.56 Å². The van der Waals surface area contributed by atoms with Crippen molar-refractivity contribution >= 4 is 39.2 Å². The van der Waals surface area contributed by atoms with Gasteiger partial charge in [0, 0.05) is 12.1 Å². The first kappa shape index (κ1) is 18.4. The van der Waals surface area contributed by atoms with Crippen molar-refractivity contribution < 1.29 is 9.59 Å². The van der Waals surface area contributed by atoms with E-state index in [9.17, 15) is 9.59 Å². The molecule has 3 rings (SSSR count). The molecule has 0 aliphatic carbocycles. The lowest BCUT2D eigenvalue weighted by atomic mass is 10.1. The van der Waals surface area contributed by atoms with Gasteiger partial charge in [-0.25, -0.2) is 0 Å². The first-order chi connectivity index (χ1) is 12.6. The number of nitrogens with one attached hydrogen (secondary N) is 2. The van der Waals surface area contributed by atoms with Gasteiger partial charge in [-0.2, -0.15) is 5.10 Å². The van der Waals surface area contributed by atoms with E-state index in [1.54, 1.807) is 24.3 Å². The minimum atomic E-state index is -0.326. The summed E-state index contributed by atoms with van der Waals surface area (Å²) in [5.41, 5.74) is 2.16. The van der Waals surface area contributed by atoms with E-state index in [4.69, 9.17) is 11.6 Å². The number of halogens is 2. The molecule has 2 N–H and O–H groups in total. The van der Waals surface area contributed by atoms with Gasteiger partial charge in [-0.05, 0) is 33.6 Å². The van der Waals surface area contributed by atoms with Crippen LogP contribution in [0.1, 0.15) is 32.1 Å². The summed E-state index contributed by atoms with van der Waals surface area (Å²) in [5, 5.41) is 9.98. The Labute approximate surface area is 163 Å². The third kappa shape index (κ3) is 4.20. The van der Waals surface area contributed by atoms with Crippen LogP contribution in [0.2, 0.25) is 5.02 Å². The second-order valence-electron chi connectivity index (χ2n) is 5.61. The highest BCUT2D eigenvalue weighted by Crippen LogP contribution is 2.23. The molecule has 132 valence electrons. The zero-order valence-corrected chi connectivity index (χ0v) is 16.0. The number of carbonyl (C=O) groups is 2. The molecule has 0 bridgehead atoms. The Morgan fingerprint density at radius 3 is 2.50 bits per heavy atom. The van der Waals surface area contributed by atoms with Crippen molar-refractivity contribution in [2.45, 2.75) is 13.0 Å². The summed E-state index contributed by atoms with van der Waals surface area (Å²) in [6.45, 7) is 0.396. The van der Waals surface area contributed by atoms with E-state index in [1.807, 2.05) is 30.3 Å². The molecule has 1 aromatic heterocycles. The van der Waals surface area contributed by atoms with Crippen LogP contribution >= 0.6 is 27.5 Å². The average molecular weight is 433 g/mol. The molecule has 0 aliphatic heterocycles. The molecule has 3 aromatic rings. The van der Waals surface area contributed by atoms with Crippen molar-refractivity contribution in [3.05, 3.63) is 86.6 Å². The quantitative estimate of drug-likeness (QED) is 0.574. The van der Waals surface area contributed by atoms with Crippen molar-refractivity contribution in [2.24, 2.45) is 0 Å². The maximum absolute atomic E-state index is 12.4. The Balaban J connectivity index is 1.68. The maximum Gasteiger partial charge on any atom is 0.273 e. The summed E-state index contributed by atoms with van der Waals surface area (Å²) in [6, 6.07) is 16.4. The van der Waals surface area contributed by atoms with Crippen LogP contribution in [0.25, 0.3) is 0 Å². The molecule has 0 spiro atoms. The van der Waals surface area contributed by atoms with Crippen LogP contribution in [0.3, 0.4) is 0 Å². The standard InChI is InChI=1S/C19H15BrClN3O2/c20-17-15(10-16(25)13-8-4-5-9-14(13)21)23-24-18(17)19(26)22-11-12-6-2-1-3-7-12/h1-9H,10-11H2,(H,22,26)(H,23,24). The Kier molecular flexibility index (Phi) is 5.85. The molecule has 1 amide bonds. The molecule has 0 fully saturated rings. The lowest BCUT2D eigenvalue weighted by Gasteiger charge is -2.04. The third-order valence-electron chi connectivity index (χ3n) is 3.80. The van der Waals surface area contributed by atoms with Gasteiger partial charge in [0.25, 0.3) is 5.91 Å². The van der Waals surface area contributed by atoms with Crippen molar-refractivity contribution in [1.29, 1.82) is 0 Å². The molecular weight excluding hydrogens is 418 g/mol. The van der Waals surface area contributed by atoms with Crippen LogP contribution in [0.4, 0.5) is 0 Å². The first-order valence-electron chi connectivity index (χ1n) is 7.89. The minimum Gasteiger partial charge on any atom is -0.347 e. The molecule has 0 unspecified atom stereocenters. The highest BCUT2D eigenvalue weighted by molar-refractivity contribution is 9.10. The van der Waals surface area contributed by atoms with Gasteiger partial charge < -0.3 is 5.32 Å². The van der Waals surface area contributed by atoms with Crippen LogP contribution in [0.5, 0.6) is 0 Å². The first-order valence-corrected chi connectivity index (χ1v) is 9.06. The number of aromatic amines is 1. The van der Waals surface area contributed by atoms with E-state index in [0.29, 0.717) is 27.3 Å². The van der Waals surface area contributed by atoms with Crippen molar-refractivity contribution in [2.75, 3.05) is 0 Å². The summed E-state index contributed by atoms with van der Waals surface area (Å²) >= 11 is 9.42.